The van der Waals surface area contributed by atoms with Gasteiger partial charge in [0.25, 0.3) is 0 Å². The zero-order valence-electron chi connectivity index (χ0n) is 10.2. The van der Waals surface area contributed by atoms with E-state index in [1.807, 2.05) is 0 Å². The minimum absolute atomic E-state index is 0.708. The van der Waals surface area contributed by atoms with E-state index in [0.717, 1.165) is 31.0 Å². The van der Waals surface area contributed by atoms with Crippen LogP contribution in [0.5, 0.6) is 0 Å². The van der Waals surface area contributed by atoms with E-state index in [-0.39, 0.29) is 0 Å². The third kappa shape index (κ3) is 2.73. The van der Waals surface area contributed by atoms with Crippen molar-refractivity contribution >= 4 is 0 Å². The Morgan fingerprint density at radius 2 is 1.80 bits per heavy atom. The van der Waals surface area contributed by atoms with Gasteiger partial charge in [0.05, 0.1) is 6.61 Å². The molecule has 15 heavy (non-hydrogen) atoms. The van der Waals surface area contributed by atoms with Gasteiger partial charge in [-0.2, -0.15) is 0 Å². The third-order valence-electron chi connectivity index (χ3n) is 4.37. The van der Waals surface area contributed by atoms with Gasteiger partial charge in [0, 0.05) is 18.6 Å². The number of rotatable bonds is 3. The molecule has 2 heteroatoms. The lowest BCUT2D eigenvalue weighted by Gasteiger charge is -2.35. The minimum Gasteiger partial charge on any atom is -0.381 e. The van der Waals surface area contributed by atoms with E-state index < -0.39 is 0 Å². The van der Waals surface area contributed by atoms with Crippen molar-refractivity contribution in [2.24, 2.45) is 17.8 Å². The molecule has 2 aliphatic rings. The predicted octanol–water partition coefficient (Wildman–Crippen LogP) is 2.44. The van der Waals surface area contributed by atoms with Crippen LogP contribution in [0.25, 0.3) is 0 Å². The van der Waals surface area contributed by atoms with Crippen LogP contribution in [0.15, 0.2) is 0 Å². The van der Waals surface area contributed by atoms with Gasteiger partial charge in [-0.15, -0.1) is 0 Å². The monoisotopic (exact) mass is 211 g/mol. The summed E-state index contributed by atoms with van der Waals surface area (Å²) in [6.07, 6.45) is 6.96. The summed E-state index contributed by atoms with van der Waals surface area (Å²) in [7, 11) is 2.13. The molecule has 2 fully saturated rings. The maximum absolute atomic E-state index is 5.51. The Labute approximate surface area is 93.8 Å². The Morgan fingerprint density at radius 1 is 1.07 bits per heavy atom. The van der Waals surface area contributed by atoms with Crippen LogP contribution in [0.3, 0.4) is 0 Å². The molecule has 2 atom stereocenters. The summed E-state index contributed by atoms with van der Waals surface area (Å²) in [6.45, 7) is 4.35. The van der Waals surface area contributed by atoms with E-state index in [9.17, 15) is 0 Å². The summed E-state index contributed by atoms with van der Waals surface area (Å²) in [5, 5.41) is 3.55. The molecule has 0 spiro atoms. The molecule has 1 heterocycles. The van der Waals surface area contributed by atoms with Gasteiger partial charge in [0.2, 0.25) is 0 Å². The summed E-state index contributed by atoms with van der Waals surface area (Å²) in [5.41, 5.74) is 0. The molecule has 88 valence electrons. The molecule has 1 aliphatic heterocycles. The zero-order chi connectivity index (χ0) is 10.7. The average molecular weight is 211 g/mol. The van der Waals surface area contributed by atoms with Crippen LogP contribution in [0, 0.1) is 17.8 Å². The van der Waals surface area contributed by atoms with E-state index in [1.165, 1.54) is 32.1 Å². The molecular formula is C13H25NO. The Kier molecular flexibility index (Phi) is 4.04. The number of ether oxygens (including phenoxy) is 1. The number of hydrogen-bond donors (Lipinski definition) is 1. The minimum atomic E-state index is 0.708. The van der Waals surface area contributed by atoms with Gasteiger partial charge >= 0.3 is 0 Å². The standard InChI is InChI=1S/C13H25NO/c1-10-3-5-11(6-4-10)13(14-2)12-7-8-15-9-12/h10-14H,3-9H2,1-2H3. The summed E-state index contributed by atoms with van der Waals surface area (Å²) < 4.78 is 5.51. The Hall–Kier alpha value is -0.0800. The van der Waals surface area contributed by atoms with Gasteiger partial charge < -0.3 is 10.1 Å². The summed E-state index contributed by atoms with van der Waals surface area (Å²) >= 11 is 0. The van der Waals surface area contributed by atoms with Gasteiger partial charge in [-0.1, -0.05) is 19.8 Å². The van der Waals surface area contributed by atoms with E-state index in [1.54, 1.807) is 0 Å². The second kappa shape index (κ2) is 5.31. The lowest BCUT2D eigenvalue weighted by molar-refractivity contribution is 0.149. The predicted molar refractivity (Wildman–Crippen MR) is 62.9 cm³/mol. The van der Waals surface area contributed by atoms with Crippen molar-refractivity contribution in [1.29, 1.82) is 0 Å². The second-order valence-electron chi connectivity index (χ2n) is 5.46. The first-order valence-electron chi connectivity index (χ1n) is 6.56. The highest BCUT2D eigenvalue weighted by Gasteiger charge is 2.32. The quantitative estimate of drug-likeness (QED) is 0.774. The molecule has 2 nitrogen and oxygen atoms in total. The van der Waals surface area contributed by atoms with Crippen LogP contribution in [0.4, 0.5) is 0 Å². The van der Waals surface area contributed by atoms with Crippen molar-refractivity contribution in [2.45, 2.75) is 45.1 Å². The zero-order valence-corrected chi connectivity index (χ0v) is 10.2. The first kappa shape index (κ1) is 11.4. The van der Waals surface area contributed by atoms with E-state index in [4.69, 9.17) is 4.74 Å². The molecule has 0 aromatic carbocycles. The third-order valence-corrected chi connectivity index (χ3v) is 4.37. The molecule has 2 rings (SSSR count). The van der Waals surface area contributed by atoms with E-state index in [2.05, 4.69) is 19.3 Å². The van der Waals surface area contributed by atoms with Gasteiger partial charge in [0.15, 0.2) is 0 Å². The lowest BCUT2D eigenvalue weighted by Crippen LogP contribution is -2.42. The van der Waals surface area contributed by atoms with Crippen LogP contribution >= 0.6 is 0 Å². The van der Waals surface area contributed by atoms with Crippen LogP contribution in [-0.4, -0.2) is 26.3 Å². The summed E-state index contributed by atoms with van der Waals surface area (Å²) in [5.74, 6) is 2.63. The molecule has 0 aromatic rings. The fraction of sp³-hybridized carbons (Fsp3) is 1.00. The van der Waals surface area contributed by atoms with Crippen molar-refractivity contribution in [3.63, 3.8) is 0 Å². The topological polar surface area (TPSA) is 21.3 Å². The molecule has 1 N–H and O–H groups in total. The second-order valence-corrected chi connectivity index (χ2v) is 5.46. The van der Waals surface area contributed by atoms with Gasteiger partial charge in [-0.3, -0.25) is 0 Å². The molecule has 1 saturated carbocycles. The van der Waals surface area contributed by atoms with E-state index in [0.29, 0.717) is 6.04 Å². The van der Waals surface area contributed by atoms with Crippen molar-refractivity contribution in [2.75, 3.05) is 20.3 Å². The molecule has 0 aromatic heterocycles. The largest absolute Gasteiger partial charge is 0.381 e. The molecule has 0 amide bonds. The normalized spacial score (nSPS) is 39.2. The lowest BCUT2D eigenvalue weighted by atomic mass is 9.75. The van der Waals surface area contributed by atoms with Crippen molar-refractivity contribution in [1.82, 2.24) is 5.32 Å². The molecule has 1 saturated heterocycles. The SMILES string of the molecule is CNC(C1CCC(C)CC1)C1CCOC1. The Balaban J connectivity index is 1.88. The number of hydrogen-bond acceptors (Lipinski definition) is 2. The van der Waals surface area contributed by atoms with E-state index >= 15 is 0 Å². The molecule has 0 radical (unpaired) electrons. The first-order chi connectivity index (χ1) is 7.31. The molecule has 2 unspecified atom stereocenters. The molecule has 1 aliphatic carbocycles. The van der Waals surface area contributed by atoms with Crippen LogP contribution in [-0.2, 0) is 4.74 Å². The molecular weight excluding hydrogens is 186 g/mol. The smallest absolute Gasteiger partial charge is 0.0510 e. The first-order valence-corrected chi connectivity index (χ1v) is 6.56. The number of nitrogens with one attached hydrogen (secondary N) is 1. The fourth-order valence-corrected chi connectivity index (χ4v) is 3.34. The highest BCUT2D eigenvalue weighted by atomic mass is 16.5. The van der Waals surface area contributed by atoms with Crippen molar-refractivity contribution in [3.8, 4) is 0 Å². The highest BCUT2D eigenvalue weighted by Crippen LogP contribution is 2.34. The van der Waals surface area contributed by atoms with Crippen molar-refractivity contribution in [3.05, 3.63) is 0 Å². The van der Waals surface area contributed by atoms with Crippen molar-refractivity contribution < 1.29 is 4.74 Å². The maximum Gasteiger partial charge on any atom is 0.0510 e. The summed E-state index contributed by atoms with van der Waals surface area (Å²) in [4.78, 5) is 0. The fourth-order valence-electron chi connectivity index (χ4n) is 3.34. The molecule has 0 bridgehead atoms. The maximum atomic E-state index is 5.51. The van der Waals surface area contributed by atoms with Crippen LogP contribution < -0.4 is 5.32 Å². The Bertz CT molecular complexity index is 181. The van der Waals surface area contributed by atoms with Crippen LogP contribution in [0.2, 0.25) is 0 Å². The van der Waals surface area contributed by atoms with Gasteiger partial charge in [0.1, 0.15) is 0 Å². The summed E-state index contributed by atoms with van der Waals surface area (Å²) in [6, 6.07) is 0.708. The Morgan fingerprint density at radius 3 is 2.33 bits per heavy atom. The van der Waals surface area contributed by atoms with Gasteiger partial charge in [-0.05, 0) is 38.1 Å². The van der Waals surface area contributed by atoms with Crippen LogP contribution in [0.1, 0.15) is 39.0 Å². The average Bonchev–Trinajstić information content (AvgIpc) is 2.75. The van der Waals surface area contributed by atoms with Gasteiger partial charge in [-0.25, -0.2) is 0 Å². The highest BCUT2D eigenvalue weighted by molar-refractivity contribution is 4.86.